The molecule has 0 aromatic heterocycles. The van der Waals surface area contributed by atoms with Gasteiger partial charge >= 0.3 is 5.97 Å². The summed E-state index contributed by atoms with van der Waals surface area (Å²) in [5.74, 6) is -1.33. The van der Waals surface area contributed by atoms with Gasteiger partial charge in [-0.15, -0.1) is 0 Å². The molecule has 1 aromatic rings. The van der Waals surface area contributed by atoms with E-state index in [1.54, 1.807) is 12.1 Å². The van der Waals surface area contributed by atoms with E-state index in [-0.39, 0.29) is 27.6 Å². The minimum atomic E-state index is -0.933. The normalized spacial score (nSPS) is 27.5. The second-order valence-corrected chi connectivity index (χ2v) is 8.97. The highest BCUT2D eigenvalue weighted by molar-refractivity contribution is 8.14. The molecule has 140 valence electrons. The zero-order valence-corrected chi connectivity index (χ0v) is 16.0. The number of hydrogen-bond donors (Lipinski definition) is 1. The maximum atomic E-state index is 13.1. The SMILES string of the molecule is CC1(C)CC[C@H](C(=O)N2CCC[C@H]2C(=O)O)[C@H]1SC(=O)c1ccccc1. The smallest absolute Gasteiger partial charge is 0.326 e. The maximum absolute atomic E-state index is 13.1. The van der Waals surface area contributed by atoms with Crippen molar-refractivity contribution >= 4 is 28.8 Å². The number of carbonyl (C=O) groups excluding carboxylic acids is 2. The number of amides is 1. The van der Waals surface area contributed by atoms with Gasteiger partial charge in [0.1, 0.15) is 6.04 Å². The van der Waals surface area contributed by atoms with Crippen molar-refractivity contribution < 1.29 is 19.5 Å². The molecule has 3 rings (SSSR count). The van der Waals surface area contributed by atoms with E-state index >= 15 is 0 Å². The Hall–Kier alpha value is -1.82. The number of carbonyl (C=O) groups is 3. The second kappa shape index (κ2) is 7.43. The summed E-state index contributed by atoms with van der Waals surface area (Å²) >= 11 is 1.24. The number of rotatable bonds is 4. The van der Waals surface area contributed by atoms with Gasteiger partial charge in [0.25, 0.3) is 0 Å². The molecule has 1 saturated heterocycles. The molecule has 2 aliphatic rings. The van der Waals surface area contributed by atoms with Gasteiger partial charge in [0.2, 0.25) is 11.0 Å². The molecule has 0 unspecified atom stereocenters. The van der Waals surface area contributed by atoms with Gasteiger partial charge in [0, 0.05) is 17.4 Å². The number of carboxylic acid groups (broad SMARTS) is 1. The Morgan fingerprint density at radius 2 is 1.85 bits per heavy atom. The van der Waals surface area contributed by atoms with Crippen molar-refractivity contribution in [3.05, 3.63) is 35.9 Å². The molecule has 0 bridgehead atoms. The summed E-state index contributed by atoms with van der Waals surface area (Å²) in [4.78, 5) is 38.8. The Bertz CT molecular complexity index is 703. The van der Waals surface area contributed by atoms with Crippen molar-refractivity contribution in [3.8, 4) is 0 Å². The van der Waals surface area contributed by atoms with Crippen LogP contribution in [0, 0.1) is 11.3 Å². The van der Waals surface area contributed by atoms with Crippen molar-refractivity contribution in [1.29, 1.82) is 0 Å². The first kappa shape index (κ1) is 19.0. The highest BCUT2D eigenvalue weighted by Crippen LogP contribution is 2.49. The summed E-state index contributed by atoms with van der Waals surface area (Å²) in [5, 5.41) is 9.22. The van der Waals surface area contributed by atoms with Gasteiger partial charge < -0.3 is 10.0 Å². The highest BCUT2D eigenvalue weighted by Gasteiger charge is 2.49. The molecule has 0 spiro atoms. The maximum Gasteiger partial charge on any atom is 0.326 e. The summed E-state index contributed by atoms with van der Waals surface area (Å²) in [5.41, 5.74) is 0.490. The predicted octanol–water partition coefficient (Wildman–Crippen LogP) is 3.44. The Labute approximate surface area is 158 Å². The fraction of sp³-hybridized carbons (Fsp3) is 0.550. The van der Waals surface area contributed by atoms with Crippen LogP contribution in [0.25, 0.3) is 0 Å². The van der Waals surface area contributed by atoms with Gasteiger partial charge in [0.05, 0.1) is 5.92 Å². The van der Waals surface area contributed by atoms with E-state index in [9.17, 15) is 19.5 Å². The fourth-order valence-electron chi connectivity index (χ4n) is 4.12. The fourth-order valence-corrected chi connectivity index (χ4v) is 5.47. The molecular weight excluding hydrogens is 350 g/mol. The van der Waals surface area contributed by atoms with Crippen molar-refractivity contribution in [2.24, 2.45) is 11.3 Å². The molecule has 5 nitrogen and oxygen atoms in total. The van der Waals surface area contributed by atoms with Crippen molar-refractivity contribution in [2.45, 2.75) is 50.8 Å². The summed E-state index contributed by atoms with van der Waals surface area (Å²) < 4.78 is 0. The van der Waals surface area contributed by atoms with Crippen LogP contribution in [0.2, 0.25) is 0 Å². The number of thioether (sulfide) groups is 1. The van der Waals surface area contributed by atoms with Gasteiger partial charge in [-0.3, -0.25) is 9.59 Å². The van der Waals surface area contributed by atoms with E-state index in [4.69, 9.17) is 0 Å². The Balaban J connectivity index is 1.79. The standard InChI is InChI=1S/C20H25NO4S/c1-20(2)11-10-14(17(22)21-12-6-9-15(21)18(23)24)16(20)26-19(25)13-7-4-3-5-8-13/h3-5,7-8,14-16H,6,9-12H2,1-2H3,(H,23,24)/t14-,15-,16+/m0/s1. The van der Waals surface area contributed by atoms with E-state index < -0.39 is 12.0 Å². The lowest BCUT2D eigenvalue weighted by Gasteiger charge is -2.32. The van der Waals surface area contributed by atoms with E-state index in [2.05, 4.69) is 13.8 Å². The number of aliphatic carboxylic acids is 1. The summed E-state index contributed by atoms with van der Waals surface area (Å²) in [6.07, 6.45) is 2.79. The molecule has 2 fully saturated rings. The predicted molar refractivity (Wildman–Crippen MR) is 101 cm³/mol. The van der Waals surface area contributed by atoms with Gasteiger partial charge in [-0.25, -0.2) is 4.79 Å². The lowest BCUT2D eigenvalue weighted by Crippen LogP contribution is -2.46. The monoisotopic (exact) mass is 375 g/mol. The number of nitrogens with zero attached hydrogens (tertiary/aromatic N) is 1. The molecule has 1 heterocycles. The molecule has 1 saturated carbocycles. The van der Waals surface area contributed by atoms with Crippen molar-refractivity contribution in [3.63, 3.8) is 0 Å². The molecule has 6 heteroatoms. The van der Waals surface area contributed by atoms with Crippen LogP contribution in [0.1, 0.15) is 49.9 Å². The van der Waals surface area contributed by atoms with Crippen molar-refractivity contribution in [2.75, 3.05) is 6.54 Å². The average Bonchev–Trinajstić information content (AvgIpc) is 3.21. The summed E-state index contributed by atoms with van der Waals surface area (Å²) in [6, 6.07) is 8.38. The number of likely N-dealkylation sites (tertiary alicyclic amines) is 1. The van der Waals surface area contributed by atoms with Crippen LogP contribution >= 0.6 is 11.8 Å². The van der Waals surface area contributed by atoms with Crippen LogP contribution < -0.4 is 0 Å². The largest absolute Gasteiger partial charge is 0.480 e. The van der Waals surface area contributed by atoms with E-state index in [1.165, 1.54) is 16.7 Å². The molecule has 26 heavy (non-hydrogen) atoms. The van der Waals surface area contributed by atoms with Gasteiger partial charge in [0.15, 0.2) is 0 Å². The summed E-state index contributed by atoms with van der Waals surface area (Å²) in [7, 11) is 0. The van der Waals surface area contributed by atoms with Gasteiger partial charge in [-0.2, -0.15) is 0 Å². The first-order chi connectivity index (χ1) is 12.3. The first-order valence-corrected chi connectivity index (χ1v) is 9.98. The molecular formula is C20H25NO4S. The van der Waals surface area contributed by atoms with E-state index in [1.807, 2.05) is 18.2 Å². The van der Waals surface area contributed by atoms with Crippen LogP contribution in [-0.2, 0) is 9.59 Å². The lowest BCUT2D eigenvalue weighted by atomic mass is 9.89. The van der Waals surface area contributed by atoms with E-state index in [0.29, 0.717) is 24.9 Å². The van der Waals surface area contributed by atoms with E-state index in [0.717, 1.165) is 12.8 Å². The van der Waals surface area contributed by atoms with Gasteiger partial charge in [-0.05, 0) is 31.1 Å². The second-order valence-electron chi connectivity index (χ2n) is 7.85. The Morgan fingerprint density at radius 1 is 1.15 bits per heavy atom. The van der Waals surface area contributed by atoms with Crippen LogP contribution in [0.4, 0.5) is 0 Å². The first-order valence-electron chi connectivity index (χ1n) is 9.10. The molecule has 0 radical (unpaired) electrons. The third-order valence-corrected chi connectivity index (χ3v) is 7.29. The number of hydrogen-bond acceptors (Lipinski definition) is 4. The van der Waals surface area contributed by atoms with Crippen LogP contribution in [-0.4, -0.2) is 44.8 Å². The highest BCUT2D eigenvalue weighted by atomic mass is 32.2. The molecule has 1 N–H and O–H groups in total. The lowest BCUT2D eigenvalue weighted by molar-refractivity contribution is -0.149. The minimum absolute atomic E-state index is 0.0282. The minimum Gasteiger partial charge on any atom is -0.480 e. The van der Waals surface area contributed by atoms with Gasteiger partial charge in [-0.1, -0.05) is 55.9 Å². The molecule has 1 aromatic carbocycles. The van der Waals surface area contributed by atoms with Crippen LogP contribution in [0.3, 0.4) is 0 Å². The van der Waals surface area contributed by atoms with Crippen LogP contribution in [0.5, 0.6) is 0 Å². The number of carboxylic acids is 1. The molecule has 1 aliphatic carbocycles. The van der Waals surface area contributed by atoms with Crippen LogP contribution in [0.15, 0.2) is 30.3 Å². The van der Waals surface area contributed by atoms with Crippen molar-refractivity contribution in [1.82, 2.24) is 4.90 Å². The molecule has 1 amide bonds. The third kappa shape index (κ3) is 3.65. The topological polar surface area (TPSA) is 74.7 Å². The zero-order valence-electron chi connectivity index (χ0n) is 15.2. The summed E-state index contributed by atoms with van der Waals surface area (Å²) in [6.45, 7) is 4.68. The number of benzene rings is 1. The third-order valence-electron chi connectivity index (χ3n) is 5.62. The molecule has 1 aliphatic heterocycles. The average molecular weight is 375 g/mol. The Kier molecular flexibility index (Phi) is 5.42. The molecule has 3 atom stereocenters. The quantitative estimate of drug-likeness (QED) is 0.872. The Morgan fingerprint density at radius 3 is 2.50 bits per heavy atom. The zero-order chi connectivity index (χ0) is 18.9.